The lowest BCUT2D eigenvalue weighted by Gasteiger charge is -2.39. The number of carbonyl (C=O) groups excluding carboxylic acids is 1. The first-order chi connectivity index (χ1) is 16.7. The minimum atomic E-state index is -4.98. The van der Waals surface area contributed by atoms with E-state index in [1.54, 1.807) is 30.3 Å². The molecule has 0 saturated carbocycles. The van der Waals surface area contributed by atoms with Gasteiger partial charge in [-0.05, 0) is 35.7 Å². The molecule has 3 aromatic rings. The number of halogens is 8. The fraction of sp³-hybridized carbons (Fsp3) is 0.292. The summed E-state index contributed by atoms with van der Waals surface area (Å²) in [5.74, 6) is -4.81. The smallest absolute Gasteiger partial charge is 0.406 e. The van der Waals surface area contributed by atoms with E-state index in [2.05, 4.69) is 4.74 Å². The Balaban J connectivity index is 1.90. The lowest BCUT2D eigenvalue weighted by atomic mass is 9.99. The maximum absolute atomic E-state index is 14.2. The van der Waals surface area contributed by atoms with Crippen molar-refractivity contribution >= 4 is 5.91 Å². The van der Waals surface area contributed by atoms with Crippen molar-refractivity contribution in [3.05, 3.63) is 77.1 Å². The molecule has 0 spiro atoms. The van der Waals surface area contributed by atoms with Crippen molar-refractivity contribution in [2.24, 2.45) is 0 Å². The van der Waals surface area contributed by atoms with Crippen LogP contribution in [-0.2, 0) is 12.7 Å². The maximum atomic E-state index is 14.2. The second-order valence-electron chi connectivity index (χ2n) is 8.36. The van der Waals surface area contributed by atoms with Gasteiger partial charge in [-0.2, -0.15) is 13.2 Å². The second kappa shape index (κ2) is 8.82. The first kappa shape index (κ1) is 25.5. The Hall–Kier alpha value is -3.57. The van der Waals surface area contributed by atoms with Crippen LogP contribution in [0.1, 0.15) is 27.3 Å². The van der Waals surface area contributed by atoms with Crippen molar-refractivity contribution in [3.63, 3.8) is 0 Å². The van der Waals surface area contributed by atoms with Crippen LogP contribution in [0.2, 0.25) is 0 Å². The molecule has 0 aliphatic carbocycles. The van der Waals surface area contributed by atoms with Crippen molar-refractivity contribution in [1.82, 2.24) is 9.47 Å². The summed E-state index contributed by atoms with van der Waals surface area (Å²) in [6, 6.07) is 11.9. The third-order valence-corrected chi connectivity index (χ3v) is 5.67. The second-order valence-corrected chi connectivity index (χ2v) is 8.36. The molecule has 192 valence electrons. The third kappa shape index (κ3) is 5.17. The topological polar surface area (TPSA) is 34.5 Å². The van der Waals surface area contributed by atoms with Crippen molar-refractivity contribution in [2.45, 2.75) is 31.9 Å². The molecule has 0 unspecified atom stereocenters. The number of alkyl halides is 8. The molecule has 12 heteroatoms. The average molecular weight is 518 g/mol. The summed E-state index contributed by atoms with van der Waals surface area (Å²) in [5, 5.41) is 0. The maximum Gasteiger partial charge on any atom is 0.573 e. The van der Waals surface area contributed by atoms with Gasteiger partial charge in [-0.1, -0.05) is 42.5 Å². The normalized spacial score (nSPS) is 15.5. The number of rotatable bonds is 5. The monoisotopic (exact) mass is 518 g/mol. The Kier molecular flexibility index (Phi) is 6.26. The van der Waals surface area contributed by atoms with Crippen LogP contribution in [0.5, 0.6) is 5.75 Å². The lowest BCUT2D eigenvalue weighted by Crippen LogP contribution is -2.58. The Labute approximate surface area is 199 Å². The van der Waals surface area contributed by atoms with E-state index in [4.69, 9.17) is 0 Å². The number of likely N-dealkylation sites (tertiary alicyclic amines) is 1. The van der Waals surface area contributed by atoms with Gasteiger partial charge in [-0.15, -0.1) is 13.2 Å². The highest BCUT2D eigenvalue weighted by Gasteiger charge is 2.49. The zero-order valence-electron chi connectivity index (χ0n) is 18.6. The summed E-state index contributed by atoms with van der Waals surface area (Å²) >= 11 is 0. The molecular weight excluding hydrogens is 500 g/mol. The van der Waals surface area contributed by atoms with E-state index in [1.807, 2.05) is 0 Å². The van der Waals surface area contributed by atoms with Crippen LogP contribution in [0.3, 0.4) is 0 Å². The number of ether oxygens (including phenoxy) is 1. The summed E-state index contributed by atoms with van der Waals surface area (Å²) in [6.45, 7) is -1.18. The molecule has 1 aliphatic rings. The Morgan fingerprint density at radius 1 is 0.944 bits per heavy atom. The first-order valence-electron chi connectivity index (χ1n) is 10.5. The molecule has 1 saturated heterocycles. The number of carbonyl (C=O) groups is 1. The molecule has 0 bridgehead atoms. The summed E-state index contributed by atoms with van der Waals surface area (Å²) < 4.78 is 112. The minimum absolute atomic E-state index is 0.00466. The number of benzene rings is 2. The van der Waals surface area contributed by atoms with Gasteiger partial charge in [-0.25, -0.2) is 8.78 Å². The molecule has 0 N–H and O–H groups in total. The highest BCUT2D eigenvalue weighted by Crippen LogP contribution is 2.43. The van der Waals surface area contributed by atoms with Crippen LogP contribution in [0.4, 0.5) is 35.1 Å². The largest absolute Gasteiger partial charge is 0.573 e. The minimum Gasteiger partial charge on any atom is -0.406 e. The van der Waals surface area contributed by atoms with E-state index < -0.39 is 61.1 Å². The van der Waals surface area contributed by atoms with E-state index in [-0.39, 0.29) is 16.7 Å². The number of hydrogen-bond donors (Lipinski definition) is 0. The van der Waals surface area contributed by atoms with Crippen molar-refractivity contribution in [1.29, 1.82) is 0 Å². The molecule has 0 radical (unpaired) electrons. The predicted molar refractivity (Wildman–Crippen MR) is 113 cm³/mol. The van der Waals surface area contributed by atoms with E-state index in [0.29, 0.717) is 5.56 Å². The molecule has 1 fully saturated rings. The molecule has 1 aliphatic heterocycles. The fourth-order valence-electron chi connectivity index (χ4n) is 4.24. The van der Waals surface area contributed by atoms with Gasteiger partial charge in [-0.3, -0.25) is 4.79 Å². The zero-order chi connectivity index (χ0) is 26.5. The first-order valence-corrected chi connectivity index (χ1v) is 10.5. The average Bonchev–Trinajstić information content (AvgIpc) is 3.03. The predicted octanol–water partition coefficient (Wildman–Crippen LogP) is 6.52. The van der Waals surface area contributed by atoms with Gasteiger partial charge in [0.15, 0.2) is 0 Å². The Bertz CT molecular complexity index is 1250. The molecular formula is C24H18F8N2O2. The van der Waals surface area contributed by atoms with E-state index in [1.165, 1.54) is 0 Å². The van der Waals surface area contributed by atoms with E-state index >= 15 is 0 Å². The molecule has 1 amide bonds. The van der Waals surface area contributed by atoms with Gasteiger partial charge in [0, 0.05) is 12.1 Å². The van der Waals surface area contributed by atoms with Crippen molar-refractivity contribution in [2.75, 3.05) is 13.1 Å². The number of amides is 1. The Morgan fingerprint density at radius 2 is 1.53 bits per heavy atom. The van der Waals surface area contributed by atoms with Gasteiger partial charge in [0.2, 0.25) is 0 Å². The molecule has 0 atom stereocenters. The van der Waals surface area contributed by atoms with Crippen LogP contribution in [0.25, 0.3) is 11.1 Å². The highest BCUT2D eigenvalue weighted by atomic mass is 19.4. The van der Waals surface area contributed by atoms with Crippen LogP contribution >= 0.6 is 0 Å². The summed E-state index contributed by atoms with van der Waals surface area (Å²) in [4.78, 5) is 14.0. The van der Waals surface area contributed by atoms with Crippen LogP contribution < -0.4 is 4.74 Å². The summed E-state index contributed by atoms with van der Waals surface area (Å²) in [7, 11) is 0. The third-order valence-electron chi connectivity index (χ3n) is 5.67. The van der Waals surface area contributed by atoms with Crippen molar-refractivity contribution < 1.29 is 44.7 Å². The van der Waals surface area contributed by atoms with Crippen LogP contribution in [-0.4, -0.2) is 40.7 Å². The number of nitrogens with zero attached hydrogens (tertiary/aromatic N) is 2. The van der Waals surface area contributed by atoms with Crippen LogP contribution in [0.15, 0.2) is 54.6 Å². The molecule has 36 heavy (non-hydrogen) atoms. The standard InChI is InChI=1S/C24H18F8N2O2/c1-14-18(16-7-9-17(10-8-16)36-24(30,31)32)19(21(35)33-12-22(25,26)13-33)34(20(14)23(27,28)29)11-15-5-3-2-4-6-15/h2-10H,11-13H2,1H3. The Morgan fingerprint density at radius 3 is 2.03 bits per heavy atom. The summed E-state index contributed by atoms with van der Waals surface area (Å²) in [6.07, 6.45) is -9.91. The quantitative estimate of drug-likeness (QED) is 0.361. The van der Waals surface area contributed by atoms with Gasteiger partial charge < -0.3 is 14.2 Å². The lowest BCUT2D eigenvalue weighted by molar-refractivity contribution is -0.274. The van der Waals surface area contributed by atoms with Crippen LogP contribution in [0, 0.1) is 6.92 Å². The SMILES string of the molecule is Cc1c(-c2ccc(OC(F)(F)F)cc2)c(C(=O)N2CC(F)(F)C2)n(Cc2ccccc2)c1C(F)(F)F. The van der Waals surface area contributed by atoms with Crippen molar-refractivity contribution in [3.8, 4) is 16.9 Å². The highest BCUT2D eigenvalue weighted by molar-refractivity contribution is 6.01. The van der Waals surface area contributed by atoms with E-state index in [9.17, 15) is 39.9 Å². The fourth-order valence-corrected chi connectivity index (χ4v) is 4.24. The van der Waals surface area contributed by atoms with Gasteiger partial charge in [0.1, 0.15) is 17.1 Å². The molecule has 2 aromatic carbocycles. The number of hydrogen-bond acceptors (Lipinski definition) is 2. The van der Waals surface area contributed by atoms with Gasteiger partial charge >= 0.3 is 12.5 Å². The molecule has 4 nitrogen and oxygen atoms in total. The molecule has 2 heterocycles. The van der Waals surface area contributed by atoms with E-state index in [0.717, 1.165) is 40.7 Å². The van der Waals surface area contributed by atoms with Gasteiger partial charge in [0.05, 0.1) is 13.1 Å². The van der Waals surface area contributed by atoms with Gasteiger partial charge in [0.25, 0.3) is 11.8 Å². The number of aromatic nitrogens is 1. The molecule has 1 aromatic heterocycles. The summed E-state index contributed by atoms with van der Waals surface area (Å²) in [5.41, 5.74) is -1.80. The molecule has 4 rings (SSSR count). The zero-order valence-corrected chi connectivity index (χ0v) is 18.6.